The van der Waals surface area contributed by atoms with Gasteiger partial charge in [-0.2, -0.15) is 0 Å². The van der Waals surface area contributed by atoms with Crippen LogP contribution in [0.5, 0.6) is 5.88 Å². The van der Waals surface area contributed by atoms with Gasteiger partial charge in [-0.1, -0.05) is 29.8 Å². The van der Waals surface area contributed by atoms with Crippen LogP contribution < -0.4 is 15.8 Å². The number of nitrogens with two attached hydrogens (primary N) is 1. The third kappa shape index (κ3) is 7.64. The van der Waals surface area contributed by atoms with Gasteiger partial charge in [0.15, 0.2) is 0 Å². The van der Waals surface area contributed by atoms with E-state index in [1.54, 1.807) is 42.6 Å². The molecule has 1 amide bonds. The first-order valence-electron chi connectivity index (χ1n) is 16.1. The molecule has 1 atom stereocenters. The highest BCUT2D eigenvalue weighted by molar-refractivity contribution is 6.30. The molecule has 2 aromatic carbocycles. The highest BCUT2D eigenvalue weighted by Gasteiger charge is 2.24. The van der Waals surface area contributed by atoms with Gasteiger partial charge < -0.3 is 25.1 Å². The smallest absolute Gasteiger partial charge is 0.255 e. The van der Waals surface area contributed by atoms with Crippen molar-refractivity contribution in [1.82, 2.24) is 24.4 Å². The molecular weight excluding hydrogens is 645 g/mol. The van der Waals surface area contributed by atoms with Gasteiger partial charge in [-0.25, -0.2) is 14.4 Å². The summed E-state index contributed by atoms with van der Waals surface area (Å²) in [7, 11) is 0. The SMILES string of the molecule is N/C=C\c1cc(NC(=O)c2ccc3c(c2)nc(CN2CC=C(c4cccc(OCc5ccc(Cl)cc5F)n4)CC2)n3CC2CCO2)ccn1. The normalized spacial score (nSPS) is 16.4. The van der Waals surface area contributed by atoms with Gasteiger partial charge >= 0.3 is 0 Å². The van der Waals surface area contributed by atoms with Gasteiger partial charge in [-0.3, -0.25) is 14.7 Å². The molecule has 12 heteroatoms. The predicted molar refractivity (Wildman–Crippen MR) is 187 cm³/mol. The molecule has 2 aliphatic rings. The van der Waals surface area contributed by atoms with Crippen LogP contribution in [0, 0.1) is 5.82 Å². The summed E-state index contributed by atoms with van der Waals surface area (Å²) in [5.74, 6) is 0.720. The number of nitrogens with zero attached hydrogens (tertiary/aromatic N) is 5. The summed E-state index contributed by atoms with van der Waals surface area (Å²) < 4.78 is 28.0. The molecule has 1 unspecified atom stereocenters. The molecule has 5 aromatic rings. The number of anilines is 1. The number of pyridine rings is 2. The van der Waals surface area contributed by atoms with Crippen molar-refractivity contribution in [3.8, 4) is 5.88 Å². The maximum atomic E-state index is 14.2. The Morgan fingerprint density at radius 2 is 2.04 bits per heavy atom. The van der Waals surface area contributed by atoms with Crippen molar-refractivity contribution in [2.75, 3.05) is 25.0 Å². The number of carbonyl (C=O) groups excluding carboxylic acids is 1. The van der Waals surface area contributed by atoms with Crippen LogP contribution in [0.4, 0.5) is 10.1 Å². The van der Waals surface area contributed by atoms with E-state index < -0.39 is 5.82 Å². The lowest BCUT2D eigenvalue weighted by atomic mass is 10.0. The van der Waals surface area contributed by atoms with Crippen LogP contribution in [0.1, 0.15) is 46.0 Å². The third-order valence-corrected chi connectivity index (χ3v) is 8.91. The number of hydrogen-bond acceptors (Lipinski definition) is 8. The average Bonchev–Trinajstić information content (AvgIpc) is 3.42. The zero-order valence-electron chi connectivity index (χ0n) is 26.7. The first-order valence-corrected chi connectivity index (χ1v) is 16.5. The standard InChI is InChI=1S/C37H35ClFN7O3/c38-27-6-4-26(31(39)19-27)23-49-36-3-1-2-32(44-36)24-10-15-45(16-11-24)22-35-43-33-18-25(5-7-34(33)46(35)21-30-12-17-48-30)37(47)42-29-9-14-41-28(20-29)8-13-40/h1-10,13-14,18-20,30H,11-12,15-17,21-23,40H2,(H,41,42,47)/b13-8-. The van der Waals surface area contributed by atoms with E-state index in [9.17, 15) is 9.18 Å². The second-order valence-electron chi connectivity index (χ2n) is 12.0. The van der Waals surface area contributed by atoms with Crippen molar-refractivity contribution in [3.05, 3.63) is 124 Å². The number of rotatable bonds is 11. The Morgan fingerprint density at radius 3 is 2.82 bits per heavy atom. The molecule has 7 rings (SSSR count). The zero-order valence-corrected chi connectivity index (χ0v) is 27.4. The molecule has 0 radical (unpaired) electrons. The van der Waals surface area contributed by atoms with Crippen LogP contribution >= 0.6 is 11.6 Å². The maximum absolute atomic E-state index is 14.2. The van der Waals surface area contributed by atoms with Gasteiger partial charge in [-0.05, 0) is 79.2 Å². The fourth-order valence-corrected chi connectivity index (χ4v) is 6.11. The molecule has 49 heavy (non-hydrogen) atoms. The van der Waals surface area contributed by atoms with Crippen molar-refractivity contribution >= 4 is 45.9 Å². The minimum Gasteiger partial charge on any atom is -0.473 e. The van der Waals surface area contributed by atoms with Crippen molar-refractivity contribution in [3.63, 3.8) is 0 Å². The number of ether oxygens (including phenoxy) is 2. The van der Waals surface area contributed by atoms with Crippen LogP contribution in [0.15, 0.2) is 85.2 Å². The third-order valence-electron chi connectivity index (χ3n) is 8.68. The molecule has 0 bridgehead atoms. The molecule has 10 nitrogen and oxygen atoms in total. The van der Waals surface area contributed by atoms with E-state index in [0.29, 0.717) is 46.5 Å². The van der Waals surface area contributed by atoms with Crippen molar-refractivity contribution in [2.45, 2.75) is 38.6 Å². The molecular formula is C37H35ClFN7O3. The molecule has 1 saturated heterocycles. The van der Waals surface area contributed by atoms with Gasteiger partial charge in [0.1, 0.15) is 18.2 Å². The molecule has 1 fully saturated rings. The lowest BCUT2D eigenvalue weighted by Crippen LogP contribution is -2.33. The van der Waals surface area contributed by atoms with E-state index in [4.69, 9.17) is 31.8 Å². The fourth-order valence-electron chi connectivity index (χ4n) is 5.95. The van der Waals surface area contributed by atoms with Gasteiger partial charge in [0.25, 0.3) is 5.91 Å². The van der Waals surface area contributed by atoms with E-state index in [-0.39, 0.29) is 18.6 Å². The van der Waals surface area contributed by atoms with Crippen molar-refractivity contribution in [2.24, 2.45) is 5.73 Å². The summed E-state index contributed by atoms with van der Waals surface area (Å²) >= 11 is 5.87. The largest absolute Gasteiger partial charge is 0.473 e. The molecule has 5 heterocycles. The number of nitrogens with one attached hydrogen (secondary N) is 1. The van der Waals surface area contributed by atoms with Gasteiger partial charge in [-0.15, -0.1) is 0 Å². The van der Waals surface area contributed by atoms with Crippen LogP contribution in [-0.4, -0.2) is 56.1 Å². The summed E-state index contributed by atoms with van der Waals surface area (Å²) in [5, 5.41) is 3.29. The number of imidazole rings is 1. The summed E-state index contributed by atoms with van der Waals surface area (Å²) in [6.07, 6.45) is 8.84. The number of benzene rings is 2. The second-order valence-corrected chi connectivity index (χ2v) is 12.4. The van der Waals surface area contributed by atoms with Crippen LogP contribution in [-0.2, 0) is 24.4 Å². The molecule has 0 aliphatic carbocycles. The van der Waals surface area contributed by atoms with Gasteiger partial charge in [0.2, 0.25) is 5.88 Å². The van der Waals surface area contributed by atoms with Crippen LogP contribution in [0.25, 0.3) is 22.7 Å². The number of aromatic nitrogens is 4. The van der Waals surface area contributed by atoms with E-state index in [0.717, 1.165) is 60.7 Å². The van der Waals surface area contributed by atoms with Gasteiger partial charge in [0.05, 0.1) is 41.6 Å². The Morgan fingerprint density at radius 1 is 1.14 bits per heavy atom. The predicted octanol–water partition coefficient (Wildman–Crippen LogP) is 6.46. The quantitative estimate of drug-likeness (QED) is 0.163. The first kappa shape index (κ1) is 32.4. The Labute approximate surface area is 288 Å². The Bertz CT molecular complexity index is 2060. The first-order chi connectivity index (χ1) is 23.9. The van der Waals surface area contributed by atoms with E-state index in [1.807, 2.05) is 30.3 Å². The zero-order chi connectivity index (χ0) is 33.7. The minimum atomic E-state index is -0.408. The van der Waals surface area contributed by atoms with Crippen LogP contribution in [0.2, 0.25) is 5.02 Å². The molecule has 3 N–H and O–H groups in total. The average molecular weight is 680 g/mol. The number of hydrogen-bond donors (Lipinski definition) is 2. The lowest BCUT2D eigenvalue weighted by molar-refractivity contribution is -0.0591. The summed E-state index contributed by atoms with van der Waals surface area (Å²) in [6, 6.07) is 19.3. The molecule has 0 saturated carbocycles. The Balaban J connectivity index is 1.04. The summed E-state index contributed by atoms with van der Waals surface area (Å²) in [5.41, 5.74) is 11.4. The highest BCUT2D eigenvalue weighted by atomic mass is 35.5. The summed E-state index contributed by atoms with van der Waals surface area (Å²) in [4.78, 5) is 29.5. The molecule has 3 aromatic heterocycles. The Kier molecular flexibility index (Phi) is 9.65. The van der Waals surface area contributed by atoms with Crippen molar-refractivity contribution < 1.29 is 18.7 Å². The number of halogens is 2. The molecule has 250 valence electrons. The van der Waals surface area contributed by atoms with E-state index in [1.165, 1.54) is 12.3 Å². The lowest BCUT2D eigenvalue weighted by Gasteiger charge is -2.29. The van der Waals surface area contributed by atoms with E-state index in [2.05, 4.69) is 30.8 Å². The number of carbonyl (C=O) groups is 1. The highest BCUT2D eigenvalue weighted by Crippen LogP contribution is 2.27. The monoisotopic (exact) mass is 679 g/mol. The van der Waals surface area contributed by atoms with E-state index >= 15 is 0 Å². The Hall–Kier alpha value is -5.10. The second kappa shape index (κ2) is 14.6. The number of fused-ring (bicyclic) bond motifs is 1. The minimum absolute atomic E-state index is 0.0595. The van der Waals surface area contributed by atoms with Gasteiger partial charge in [0, 0.05) is 53.8 Å². The van der Waals surface area contributed by atoms with Crippen molar-refractivity contribution in [1.29, 1.82) is 0 Å². The maximum Gasteiger partial charge on any atom is 0.255 e. The molecule has 0 spiro atoms. The fraction of sp³-hybridized carbons (Fsp3) is 0.243. The topological polar surface area (TPSA) is 120 Å². The van der Waals surface area contributed by atoms with Crippen LogP contribution in [0.3, 0.4) is 0 Å². The molecule has 2 aliphatic heterocycles. The summed E-state index contributed by atoms with van der Waals surface area (Å²) in [6.45, 7) is 3.72. The number of amides is 1.